The molecular formula is C13H25NO4. The summed E-state index contributed by atoms with van der Waals surface area (Å²) in [6, 6.07) is 0.540. The van der Waals surface area contributed by atoms with Gasteiger partial charge in [0.15, 0.2) is 5.79 Å². The van der Waals surface area contributed by atoms with Gasteiger partial charge in [-0.25, -0.2) is 0 Å². The molecule has 0 aromatic carbocycles. The van der Waals surface area contributed by atoms with Crippen molar-refractivity contribution in [2.75, 3.05) is 40.6 Å². The zero-order valence-electron chi connectivity index (χ0n) is 11.4. The maximum atomic E-state index is 5.72. The summed E-state index contributed by atoms with van der Waals surface area (Å²) in [6.45, 7) is 2.96. The molecule has 0 aromatic heterocycles. The summed E-state index contributed by atoms with van der Waals surface area (Å²) in [5, 5.41) is 3.55. The molecule has 1 heterocycles. The maximum Gasteiger partial charge on any atom is 0.168 e. The predicted octanol–water partition coefficient (Wildman–Crippen LogP) is 0.923. The predicted molar refractivity (Wildman–Crippen MR) is 67.6 cm³/mol. The summed E-state index contributed by atoms with van der Waals surface area (Å²) in [4.78, 5) is 0. The Morgan fingerprint density at radius 1 is 1.22 bits per heavy atom. The average Bonchev–Trinajstić information content (AvgIpc) is 2.85. The molecule has 1 aliphatic carbocycles. The van der Waals surface area contributed by atoms with Gasteiger partial charge in [0.05, 0.1) is 25.9 Å². The quantitative estimate of drug-likeness (QED) is 0.769. The number of ether oxygens (including phenoxy) is 4. The van der Waals surface area contributed by atoms with Gasteiger partial charge in [-0.15, -0.1) is 0 Å². The van der Waals surface area contributed by atoms with Crippen LogP contribution in [-0.2, 0) is 18.9 Å². The normalized spacial score (nSPS) is 25.7. The van der Waals surface area contributed by atoms with E-state index in [1.165, 1.54) is 0 Å². The summed E-state index contributed by atoms with van der Waals surface area (Å²) >= 11 is 0. The smallest absolute Gasteiger partial charge is 0.168 e. The third-order valence-corrected chi connectivity index (χ3v) is 3.88. The van der Waals surface area contributed by atoms with Crippen LogP contribution in [0, 0.1) is 0 Å². The number of nitrogens with one attached hydrogen (secondary N) is 1. The Hall–Kier alpha value is -0.200. The monoisotopic (exact) mass is 259 g/mol. The highest BCUT2D eigenvalue weighted by molar-refractivity contribution is 4.85. The standard InChI is InChI=1S/C13H25NO4/c1-15-10-12(16-2)9-14-11-3-5-13(6-4-11)17-7-8-18-13/h11-12,14H,3-10H2,1-2H3. The molecule has 5 nitrogen and oxygen atoms in total. The fraction of sp³-hybridized carbons (Fsp3) is 1.00. The van der Waals surface area contributed by atoms with Gasteiger partial charge in [0.2, 0.25) is 0 Å². The Labute approximate surface area is 109 Å². The van der Waals surface area contributed by atoms with Crippen LogP contribution in [-0.4, -0.2) is 58.5 Å². The molecule has 1 saturated heterocycles. The van der Waals surface area contributed by atoms with E-state index in [0.29, 0.717) is 12.6 Å². The second-order valence-corrected chi connectivity index (χ2v) is 5.10. The number of hydrogen-bond acceptors (Lipinski definition) is 5. The SMILES string of the molecule is COCC(CNC1CCC2(CC1)OCCO2)OC. The van der Waals surface area contributed by atoms with Crippen LogP contribution in [0.3, 0.4) is 0 Å². The van der Waals surface area contributed by atoms with Crippen molar-refractivity contribution < 1.29 is 18.9 Å². The molecule has 2 rings (SSSR count). The second-order valence-electron chi connectivity index (χ2n) is 5.10. The molecule has 18 heavy (non-hydrogen) atoms. The molecule has 0 amide bonds. The van der Waals surface area contributed by atoms with E-state index >= 15 is 0 Å². The molecule has 2 fully saturated rings. The minimum atomic E-state index is -0.259. The van der Waals surface area contributed by atoms with Gasteiger partial charge < -0.3 is 24.3 Å². The van der Waals surface area contributed by atoms with Crippen molar-refractivity contribution in [1.29, 1.82) is 0 Å². The van der Waals surface area contributed by atoms with Gasteiger partial charge in [-0.05, 0) is 12.8 Å². The van der Waals surface area contributed by atoms with Gasteiger partial charge in [0.25, 0.3) is 0 Å². The number of methoxy groups -OCH3 is 2. The molecule has 1 atom stereocenters. The van der Waals surface area contributed by atoms with E-state index in [-0.39, 0.29) is 11.9 Å². The Bertz CT molecular complexity index is 233. The largest absolute Gasteiger partial charge is 0.382 e. The van der Waals surface area contributed by atoms with Crippen LogP contribution in [0.5, 0.6) is 0 Å². The van der Waals surface area contributed by atoms with Crippen LogP contribution in [0.2, 0.25) is 0 Å². The van der Waals surface area contributed by atoms with Gasteiger partial charge in [-0.3, -0.25) is 0 Å². The number of hydrogen-bond donors (Lipinski definition) is 1. The number of rotatable bonds is 6. The molecule has 1 aliphatic heterocycles. The van der Waals surface area contributed by atoms with Crippen molar-refractivity contribution >= 4 is 0 Å². The Morgan fingerprint density at radius 2 is 1.89 bits per heavy atom. The van der Waals surface area contributed by atoms with Gasteiger partial charge in [0.1, 0.15) is 0 Å². The third-order valence-electron chi connectivity index (χ3n) is 3.88. The Balaban J connectivity index is 1.66. The molecule has 106 valence electrons. The molecular weight excluding hydrogens is 234 g/mol. The molecule has 0 aromatic rings. The molecule has 1 saturated carbocycles. The van der Waals surface area contributed by atoms with E-state index in [1.54, 1.807) is 14.2 Å². The molecule has 1 N–H and O–H groups in total. The van der Waals surface area contributed by atoms with Gasteiger partial charge in [-0.2, -0.15) is 0 Å². The van der Waals surface area contributed by atoms with Crippen molar-refractivity contribution in [3.8, 4) is 0 Å². The van der Waals surface area contributed by atoms with E-state index in [2.05, 4.69) is 5.32 Å². The first-order chi connectivity index (χ1) is 8.78. The van der Waals surface area contributed by atoms with Crippen LogP contribution >= 0.6 is 0 Å². The van der Waals surface area contributed by atoms with Crippen LogP contribution in [0.15, 0.2) is 0 Å². The molecule has 0 bridgehead atoms. The van der Waals surface area contributed by atoms with Crippen LogP contribution in [0.1, 0.15) is 25.7 Å². The lowest BCUT2D eigenvalue weighted by molar-refractivity contribution is -0.179. The lowest BCUT2D eigenvalue weighted by atomic mass is 9.90. The summed E-state index contributed by atoms with van der Waals surface area (Å²) in [5.41, 5.74) is 0. The highest BCUT2D eigenvalue weighted by atomic mass is 16.7. The Kier molecular flexibility index (Phi) is 5.38. The summed E-state index contributed by atoms with van der Waals surface area (Å²) in [5.74, 6) is -0.259. The van der Waals surface area contributed by atoms with Gasteiger partial charge in [0, 0.05) is 39.6 Å². The van der Waals surface area contributed by atoms with Crippen molar-refractivity contribution in [3.05, 3.63) is 0 Å². The minimum Gasteiger partial charge on any atom is -0.382 e. The van der Waals surface area contributed by atoms with Crippen LogP contribution in [0.25, 0.3) is 0 Å². The average molecular weight is 259 g/mol. The molecule has 1 unspecified atom stereocenters. The van der Waals surface area contributed by atoms with E-state index in [9.17, 15) is 0 Å². The van der Waals surface area contributed by atoms with Crippen molar-refractivity contribution in [2.45, 2.75) is 43.6 Å². The van der Waals surface area contributed by atoms with E-state index < -0.39 is 0 Å². The lowest BCUT2D eigenvalue weighted by Crippen LogP contribution is -2.44. The van der Waals surface area contributed by atoms with E-state index in [1.807, 2.05) is 0 Å². The topological polar surface area (TPSA) is 49.0 Å². The molecule has 0 radical (unpaired) electrons. The fourth-order valence-electron chi connectivity index (χ4n) is 2.74. The lowest BCUT2D eigenvalue weighted by Gasteiger charge is -2.36. The van der Waals surface area contributed by atoms with Crippen molar-refractivity contribution in [2.24, 2.45) is 0 Å². The van der Waals surface area contributed by atoms with Crippen LogP contribution < -0.4 is 5.32 Å². The first kappa shape index (κ1) is 14.2. The van der Waals surface area contributed by atoms with Gasteiger partial charge in [-0.1, -0.05) is 0 Å². The summed E-state index contributed by atoms with van der Waals surface area (Å²) < 4.78 is 21.9. The van der Waals surface area contributed by atoms with Gasteiger partial charge >= 0.3 is 0 Å². The maximum absolute atomic E-state index is 5.72. The zero-order chi connectivity index (χ0) is 12.8. The molecule has 5 heteroatoms. The highest BCUT2D eigenvalue weighted by Gasteiger charge is 2.40. The highest BCUT2D eigenvalue weighted by Crippen LogP contribution is 2.35. The summed E-state index contributed by atoms with van der Waals surface area (Å²) in [6.07, 6.45) is 4.32. The molecule has 2 aliphatic rings. The summed E-state index contributed by atoms with van der Waals surface area (Å²) in [7, 11) is 3.42. The minimum absolute atomic E-state index is 0.130. The van der Waals surface area contributed by atoms with Crippen molar-refractivity contribution in [3.63, 3.8) is 0 Å². The van der Waals surface area contributed by atoms with Crippen LogP contribution in [0.4, 0.5) is 0 Å². The van der Waals surface area contributed by atoms with E-state index in [4.69, 9.17) is 18.9 Å². The second kappa shape index (κ2) is 6.82. The first-order valence-corrected chi connectivity index (χ1v) is 6.81. The third kappa shape index (κ3) is 3.65. The van der Waals surface area contributed by atoms with E-state index in [0.717, 1.165) is 45.4 Å². The zero-order valence-corrected chi connectivity index (χ0v) is 11.4. The van der Waals surface area contributed by atoms with Crippen molar-refractivity contribution in [1.82, 2.24) is 5.32 Å². The molecule has 1 spiro atoms. The first-order valence-electron chi connectivity index (χ1n) is 6.81. The fourth-order valence-corrected chi connectivity index (χ4v) is 2.74. The Morgan fingerprint density at radius 3 is 2.44 bits per heavy atom.